The highest BCUT2D eigenvalue weighted by molar-refractivity contribution is 7.89. The van der Waals surface area contributed by atoms with Crippen LogP contribution >= 0.6 is 0 Å². The number of anilines is 1. The van der Waals surface area contributed by atoms with Crippen LogP contribution in [0.2, 0.25) is 0 Å². The van der Waals surface area contributed by atoms with Crippen LogP contribution in [0.5, 0.6) is 0 Å². The molecule has 1 atom stereocenters. The van der Waals surface area contributed by atoms with Crippen LogP contribution in [-0.2, 0) is 17.1 Å². The molecule has 3 aromatic rings. The molecule has 1 aromatic heterocycles. The van der Waals surface area contributed by atoms with Crippen LogP contribution in [0.25, 0.3) is 11.3 Å². The van der Waals surface area contributed by atoms with E-state index in [1.54, 1.807) is 23.0 Å². The van der Waals surface area contributed by atoms with Gasteiger partial charge < -0.3 is 15.0 Å². The minimum Gasteiger partial charge on any atom is -0.394 e. The van der Waals surface area contributed by atoms with Crippen molar-refractivity contribution in [2.45, 2.75) is 10.9 Å². The van der Waals surface area contributed by atoms with Gasteiger partial charge in [-0.1, -0.05) is 30.3 Å². The van der Waals surface area contributed by atoms with Gasteiger partial charge in [-0.15, -0.1) is 0 Å². The molecule has 3 N–H and O–H groups in total. The number of aryl methyl sites for hydroxylation is 1. The van der Waals surface area contributed by atoms with Gasteiger partial charge in [0.25, 0.3) is 0 Å². The highest BCUT2D eigenvalue weighted by Crippen LogP contribution is 2.32. The van der Waals surface area contributed by atoms with Gasteiger partial charge in [-0.05, 0) is 30.8 Å². The van der Waals surface area contributed by atoms with Crippen LogP contribution < -0.4 is 10.0 Å². The van der Waals surface area contributed by atoms with Crippen molar-refractivity contribution in [1.82, 2.24) is 14.3 Å². The van der Waals surface area contributed by atoms with Gasteiger partial charge in [0, 0.05) is 24.5 Å². The smallest absolute Gasteiger partial charge is 0.240 e. The molecule has 0 aliphatic rings. The topological polar surface area (TPSA) is 96.3 Å². The van der Waals surface area contributed by atoms with Gasteiger partial charge >= 0.3 is 0 Å². The normalized spacial score (nSPS) is 12.7. The van der Waals surface area contributed by atoms with Crippen molar-refractivity contribution in [2.75, 3.05) is 19.0 Å². The standard InChI is InChI=1S/C19H22N4O3S/c1-20-27(25,26)15-8-9-17(16(10-15)18-11-23(2)13-21-18)22-19(12-24)14-6-4-3-5-7-14/h3-11,13,19-20,22,24H,12H2,1-2H3. The fraction of sp³-hybridized carbons (Fsp3) is 0.211. The zero-order valence-electron chi connectivity index (χ0n) is 15.1. The van der Waals surface area contributed by atoms with E-state index >= 15 is 0 Å². The Morgan fingerprint density at radius 1 is 1.19 bits per heavy atom. The van der Waals surface area contributed by atoms with Crippen LogP contribution in [0.15, 0.2) is 66.0 Å². The molecule has 7 nitrogen and oxygen atoms in total. The summed E-state index contributed by atoms with van der Waals surface area (Å²) in [5.74, 6) is 0. The Bertz CT molecular complexity index is 1020. The second kappa shape index (κ2) is 7.91. The number of imidazole rings is 1. The third-order valence-corrected chi connectivity index (χ3v) is 5.68. The number of hydrogen-bond donors (Lipinski definition) is 3. The number of nitrogens with one attached hydrogen (secondary N) is 2. The summed E-state index contributed by atoms with van der Waals surface area (Å²) >= 11 is 0. The zero-order chi connectivity index (χ0) is 19.4. The van der Waals surface area contributed by atoms with Crippen molar-refractivity contribution < 1.29 is 13.5 Å². The first-order valence-corrected chi connectivity index (χ1v) is 9.91. The lowest BCUT2D eigenvalue weighted by molar-refractivity contribution is 0.276. The maximum atomic E-state index is 12.2. The third kappa shape index (κ3) is 4.19. The van der Waals surface area contributed by atoms with E-state index in [0.29, 0.717) is 16.9 Å². The fourth-order valence-electron chi connectivity index (χ4n) is 2.81. The van der Waals surface area contributed by atoms with E-state index in [0.717, 1.165) is 5.56 Å². The molecule has 0 bridgehead atoms. The van der Waals surface area contributed by atoms with E-state index in [1.807, 2.05) is 43.6 Å². The summed E-state index contributed by atoms with van der Waals surface area (Å²) in [6.07, 6.45) is 3.46. The summed E-state index contributed by atoms with van der Waals surface area (Å²) in [5.41, 5.74) is 2.89. The molecule has 27 heavy (non-hydrogen) atoms. The van der Waals surface area contributed by atoms with Crippen molar-refractivity contribution in [3.8, 4) is 11.3 Å². The molecule has 1 unspecified atom stereocenters. The largest absolute Gasteiger partial charge is 0.394 e. The van der Waals surface area contributed by atoms with Crippen molar-refractivity contribution in [2.24, 2.45) is 7.05 Å². The van der Waals surface area contributed by atoms with E-state index in [1.165, 1.54) is 13.1 Å². The molecule has 1 heterocycles. The summed E-state index contributed by atoms with van der Waals surface area (Å²) < 4.78 is 28.5. The molecule has 8 heteroatoms. The first-order chi connectivity index (χ1) is 12.9. The summed E-state index contributed by atoms with van der Waals surface area (Å²) in [5, 5.41) is 13.1. The van der Waals surface area contributed by atoms with E-state index < -0.39 is 10.0 Å². The Morgan fingerprint density at radius 3 is 2.52 bits per heavy atom. The number of aromatic nitrogens is 2. The second-order valence-corrected chi connectivity index (χ2v) is 8.02. The monoisotopic (exact) mass is 386 g/mol. The van der Waals surface area contributed by atoms with Crippen LogP contribution in [-0.4, -0.2) is 36.7 Å². The predicted molar refractivity (Wildman–Crippen MR) is 105 cm³/mol. The first-order valence-electron chi connectivity index (χ1n) is 8.43. The van der Waals surface area contributed by atoms with Crippen LogP contribution in [0, 0.1) is 0 Å². The van der Waals surface area contributed by atoms with Gasteiger partial charge in [0.05, 0.1) is 29.6 Å². The zero-order valence-corrected chi connectivity index (χ0v) is 15.9. The van der Waals surface area contributed by atoms with Gasteiger partial charge in [0.15, 0.2) is 0 Å². The van der Waals surface area contributed by atoms with Crippen molar-refractivity contribution in [1.29, 1.82) is 0 Å². The van der Waals surface area contributed by atoms with Gasteiger partial charge in [-0.3, -0.25) is 0 Å². The van der Waals surface area contributed by atoms with Gasteiger partial charge in [-0.25, -0.2) is 18.1 Å². The molecule has 3 rings (SSSR count). The molecule has 0 amide bonds. The number of nitrogens with zero attached hydrogens (tertiary/aromatic N) is 2. The number of aliphatic hydroxyl groups is 1. The van der Waals surface area contributed by atoms with Gasteiger partial charge in [0.2, 0.25) is 10.0 Å². The van der Waals surface area contributed by atoms with Crippen molar-refractivity contribution in [3.05, 3.63) is 66.6 Å². The van der Waals surface area contributed by atoms with Crippen LogP contribution in [0.3, 0.4) is 0 Å². The summed E-state index contributed by atoms with van der Waals surface area (Å²) in [6.45, 7) is -0.109. The Balaban J connectivity index is 2.06. The number of sulfonamides is 1. The summed E-state index contributed by atoms with van der Waals surface area (Å²) in [7, 11) is -0.367. The lowest BCUT2D eigenvalue weighted by atomic mass is 10.1. The molecule has 0 spiro atoms. The van der Waals surface area contributed by atoms with E-state index in [4.69, 9.17) is 0 Å². The minimum atomic E-state index is -3.59. The molecule has 0 saturated heterocycles. The fourth-order valence-corrected chi connectivity index (χ4v) is 3.56. The quantitative estimate of drug-likeness (QED) is 0.578. The van der Waals surface area contributed by atoms with Gasteiger partial charge in [0.1, 0.15) is 0 Å². The van der Waals surface area contributed by atoms with Crippen LogP contribution in [0.1, 0.15) is 11.6 Å². The van der Waals surface area contributed by atoms with Crippen LogP contribution in [0.4, 0.5) is 5.69 Å². The highest BCUT2D eigenvalue weighted by Gasteiger charge is 2.18. The summed E-state index contributed by atoms with van der Waals surface area (Å²) in [4.78, 5) is 4.50. The lowest BCUT2D eigenvalue weighted by Crippen LogP contribution is -2.19. The molecule has 0 saturated carbocycles. The number of benzene rings is 2. The average Bonchev–Trinajstić information content (AvgIpc) is 3.13. The number of aliphatic hydroxyl groups excluding tert-OH is 1. The number of hydrogen-bond acceptors (Lipinski definition) is 5. The second-order valence-electron chi connectivity index (χ2n) is 6.13. The molecule has 2 aromatic carbocycles. The number of rotatable bonds is 7. The minimum absolute atomic E-state index is 0.109. The molecular formula is C19H22N4O3S. The molecule has 0 aliphatic heterocycles. The SMILES string of the molecule is CNS(=O)(=O)c1ccc(NC(CO)c2ccccc2)c(-c2cn(C)cn2)c1. The Kier molecular flexibility index (Phi) is 5.59. The van der Waals surface area contributed by atoms with Crippen molar-refractivity contribution in [3.63, 3.8) is 0 Å². The Labute approximate surface area is 158 Å². The Morgan fingerprint density at radius 2 is 1.93 bits per heavy atom. The summed E-state index contributed by atoms with van der Waals surface area (Å²) in [6, 6.07) is 14.0. The maximum Gasteiger partial charge on any atom is 0.240 e. The Hall–Kier alpha value is -2.68. The molecule has 0 radical (unpaired) electrons. The predicted octanol–water partition coefficient (Wildman–Crippen LogP) is 2.14. The first kappa shape index (κ1) is 19.1. The molecule has 142 valence electrons. The third-order valence-electron chi connectivity index (χ3n) is 4.27. The van der Waals surface area contributed by atoms with E-state index in [-0.39, 0.29) is 17.5 Å². The molecule has 0 aliphatic carbocycles. The highest BCUT2D eigenvalue weighted by atomic mass is 32.2. The molecular weight excluding hydrogens is 364 g/mol. The van der Waals surface area contributed by atoms with Gasteiger partial charge in [-0.2, -0.15) is 0 Å². The molecule has 0 fully saturated rings. The lowest BCUT2D eigenvalue weighted by Gasteiger charge is -2.20. The van der Waals surface area contributed by atoms with Crippen molar-refractivity contribution >= 4 is 15.7 Å². The average molecular weight is 386 g/mol. The van der Waals surface area contributed by atoms with E-state index in [2.05, 4.69) is 15.0 Å². The maximum absolute atomic E-state index is 12.2. The van der Waals surface area contributed by atoms with E-state index in [9.17, 15) is 13.5 Å².